The van der Waals surface area contributed by atoms with E-state index >= 15 is 0 Å². The van der Waals surface area contributed by atoms with Crippen molar-refractivity contribution in [2.24, 2.45) is 0 Å². The molecule has 0 fully saturated rings. The summed E-state index contributed by atoms with van der Waals surface area (Å²) in [5, 5.41) is 2.00. The molecule has 2 unspecified atom stereocenters. The van der Waals surface area contributed by atoms with E-state index in [4.69, 9.17) is 11.6 Å². The highest BCUT2D eigenvalue weighted by Crippen LogP contribution is 2.41. The van der Waals surface area contributed by atoms with E-state index in [9.17, 15) is 0 Å². The summed E-state index contributed by atoms with van der Waals surface area (Å²) >= 11 is 11.7. The lowest BCUT2D eigenvalue weighted by Crippen LogP contribution is -2.03. The fraction of sp³-hybridized carbons (Fsp3) is 0.250. The maximum atomic E-state index is 6.48. The van der Waals surface area contributed by atoms with Crippen LogP contribution in [0.4, 0.5) is 0 Å². The summed E-state index contributed by atoms with van der Waals surface area (Å²) in [4.78, 5) is 5.51. The Morgan fingerprint density at radius 2 is 2.19 bits per heavy atom. The zero-order valence-corrected chi connectivity index (χ0v) is 11.9. The molecule has 0 radical (unpaired) electrons. The van der Waals surface area contributed by atoms with Crippen molar-refractivity contribution in [3.8, 4) is 0 Å². The highest BCUT2D eigenvalue weighted by Gasteiger charge is 2.22. The highest BCUT2D eigenvalue weighted by molar-refractivity contribution is 9.10. The molecule has 0 saturated heterocycles. The van der Waals surface area contributed by atoms with Gasteiger partial charge in [-0.2, -0.15) is 0 Å². The molecule has 0 saturated carbocycles. The van der Waals surface area contributed by atoms with Gasteiger partial charge in [-0.1, -0.05) is 13.0 Å². The van der Waals surface area contributed by atoms with Crippen LogP contribution in [0, 0.1) is 0 Å². The van der Waals surface area contributed by atoms with Crippen LogP contribution >= 0.6 is 38.9 Å². The zero-order valence-electron chi connectivity index (χ0n) is 8.73. The average molecular weight is 317 g/mol. The third kappa shape index (κ3) is 2.47. The van der Waals surface area contributed by atoms with Gasteiger partial charge in [-0.05, 0) is 39.5 Å². The fourth-order valence-electron chi connectivity index (χ4n) is 1.52. The molecule has 0 amide bonds. The standard InChI is InChI=1S/C12H11BrClNS/c1-8(10-4-2-3-6-15-10)11(14)12-9(13)5-7-16-12/h2-8,11H,1H3. The van der Waals surface area contributed by atoms with E-state index in [1.807, 2.05) is 29.6 Å². The van der Waals surface area contributed by atoms with Gasteiger partial charge >= 0.3 is 0 Å². The maximum Gasteiger partial charge on any atom is 0.0770 e. The second-order valence-corrected chi connectivity index (χ2v) is 5.85. The van der Waals surface area contributed by atoms with Crippen molar-refractivity contribution in [1.82, 2.24) is 4.98 Å². The largest absolute Gasteiger partial charge is 0.261 e. The first-order valence-electron chi connectivity index (χ1n) is 4.98. The first-order chi connectivity index (χ1) is 7.70. The van der Waals surface area contributed by atoms with Crippen LogP contribution < -0.4 is 0 Å². The molecule has 2 aromatic rings. The van der Waals surface area contributed by atoms with E-state index < -0.39 is 0 Å². The molecule has 2 heterocycles. The molecule has 0 aliphatic heterocycles. The van der Waals surface area contributed by atoms with Crippen molar-refractivity contribution < 1.29 is 0 Å². The van der Waals surface area contributed by atoms with Gasteiger partial charge in [-0.3, -0.25) is 4.98 Å². The normalized spacial score (nSPS) is 14.7. The quantitative estimate of drug-likeness (QED) is 0.727. The van der Waals surface area contributed by atoms with E-state index in [-0.39, 0.29) is 11.3 Å². The number of hydrogen-bond donors (Lipinski definition) is 0. The van der Waals surface area contributed by atoms with Crippen LogP contribution in [-0.2, 0) is 0 Å². The van der Waals surface area contributed by atoms with Gasteiger partial charge in [0.25, 0.3) is 0 Å². The van der Waals surface area contributed by atoms with Crippen LogP contribution in [0.2, 0.25) is 0 Å². The molecule has 84 valence electrons. The molecular formula is C12H11BrClNS. The Labute approximate surface area is 113 Å². The molecule has 4 heteroatoms. The SMILES string of the molecule is CC(c1ccccn1)C(Cl)c1sccc1Br. The lowest BCUT2D eigenvalue weighted by Gasteiger charge is -2.16. The summed E-state index contributed by atoms with van der Waals surface area (Å²) in [6.45, 7) is 2.10. The van der Waals surface area contributed by atoms with Gasteiger partial charge in [0, 0.05) is 27.2 Å². The second-order valence-electron chi connectivity index (χ2n) is 3.58. The number of nitrogens with zero attached hydrogens (tertiary/aromatic N) is 1. The van der Waals surface area contributed by atoms with Crippen LogP contribution in [0.5, 0.6) is 0 Å². The summed E-state index contributed by atoms with van der Waals surface area (Å²) in [5.74, 6) is 0.206. The lowest BCUT2D eigenvalue weighted by atomic mass is 10.0. The molecule has 0 aromatic carbocycles. The van der Waals surface area contributed by atoms with E-state index in [2.05, 4.69) is 27.8 Å². The molecule has 0 N–H and O–H groups in total. The van der Waals surface area contributed by atoms with Crippen LogP contribution in [0.3, 0.4) is 0 Å². The molecule has 0 aliphatic rings. The minimum absolute atomic E-state index is 0.0377. The van der Waals surface area contributed by atoms with E-state index in [1.165, 1.54) is 4.88 Å². The van der Waals surface area contributed by atoms with E-state index in [0.717, 1.165) is 10.2 Å². The first-order valence-corrected chi connectivity index (χ1v) is 7.09. The highest BCUT2D eigenvalue weighted by atomic mass is 79.9. The van der Waals surface area contributed by atoms with Gasteiger partial charge < -0.3 is 0 Å². The van der Waals surface area contributed by atoms with Crippen molar-refractivity contribution in [2.45, 2.75) is 18.2 Å². The topological polar surface area (TPSA) is 12.9 Å². The van der Waals surface area contributed by atoms with Crippen LogP contribution in [-0.4, -0.2) is 4.98 Å². The number of pyridine rings is 1. The number of aromatic nitrogens is 1. The summed E-state index contributed by atoms with van der Waals surface area (Å²) in [5.41, 5.74) is 1.03. The third-order valence-electron chi connectivity index (χ3n) is 2.49. The number of rotatable bonds is 3. The monoisotopic (exact) mass is 315 g/mol. The van der Waals surface area contributed by atoms with E-state index in [1.54, 1.807) is 17.5 Å². The van der Waals surface area contributed by atoms with Crippen LogP contribution in [0.15, 0.2) is 40.3 Å². The number of halogens is 2. The second kappa shape index (κ2) is 5.30. The Kier molecular flexibility index (Phi) is 4.00. The third-order valence-corrected chi connectivity index (χ3v) is 5.17. The summed E-state index contributed by atoms with van der Waals surface area (Å²) in [6.07, 6.45) is 1.80. The van der Waals surface area contributed by atoms with Gasteiger partial charge in [0.05, 0.1) is 5.38 Å². The van der Waals surface area contributed by atoms with Gasteiger partial charge in [-0.15, -0.1) is 22.9 Å². The van der Waals surface area contributed by atoms with Gasteiger partial charge in [-0.25, -0.2) is 0 Å². The summed E-state index contributed by atoms with van der Waals surface area (Å²) in [7, 11) is 0. The minimum atomic E-state index is -0.0377. The van der Waals surface area contributed by atoms with Crippen LogP contribution in [0.25, 0.3) is 0 Å². The van der Waals surface area contributed by atoms with Crippen molar-refractivity contribution in [1.29, 1.82) is 0 Å². The number of hydrogen-bond acceptors (Lipinski definition) is 2. The molecule has 0 spiro atoms. The first kappa shape index (κ1) is 12.1. The smallest absolute Gasteiger partial charge is 0.0770 e. The predicted molar refractivity (Wildman–Crippen MR) is 73.3 cm³/mol. The van der Waals surface area contributed by atoms with Crippen LogP contribution in [0.1, 0.15) is 28.8 Å². The molecule has 0 bridgehead atoms. The van der Waals surface area contributed by atoms with Gasteiger partial charge in [0.2, 0.25) is 0 Å². The molecule has 2 rings (SSSR count). The molecule has 0 aliphatic carbocycles. The number of alkyl halides is 1. The summed E-state index contributed by atoms with van der Waals surface area (Å²) < 4.78 is 1.08. The Morgan fingerprint density at radius 3 is 2.75 bits per heavy atom. The maximum absolute atomic E-state index is 6.48. The lowest BCUT2D eigenvalue weighted by molar-refractivity contribution is 0.713. The molecular weight excluding hydrogens is 306 g/mol. The fourth-order valence-corrected chi connectivity index (χ4v) is 3.76. The van der Waals surface area contributed by atoms with Crippen molar-refractivity contribution >= 4 is 38.9 Å². The Morgan fingerprint density at radius 1 is 1.38 bits per heavy atom. The molecule has 16 heavy (non-hydrogen) atoms. The van der Waals surface area contributed by atoms with E-state index in [0.29, 0.717) is 0 Å². The Balaban J connectivity index is 2.23. The van der Waals surface area contributed by atoms with Crippen molar-refractivity contribution in [2.75, 3.05) is 0 Å². The molecule has 2 aromatic heterocycles. The molecule has 2 atom stereocenters. The average Bonchev–Trinajstić information content (AvgIpc) is 2.75. The predicted octanol–water partition coefficient (Wildman–Crippen LogP) is 4.99. The summed E-state index contributed by atoms with van der Waals surface area (Å²) in [6, 6.07) is 7.95. The Bertz CT molecular complexity index is 457. The molecule has 1 nitrogen and oxygen atoms in total. The Hall–Kier alpha value is -0.380. The van der Waals surface area contributed by atoms with Gasteiger partial charge in [0.15, 0.2) is 0 Å². The number of thiophene rings is 1. The zero-order chi connectivity index (χ0) is 11.5. The van der Waals surface area contributed by atoms with Crippen molar-refractivity contribution in [3.05, 3.63) is 50.9 Å². The van der Waals surface area contributed by atoms with Gasteiger partial charge in [0.1, 0.15) is 0 Å². The minimum Gasteiger partial charge on any atom is -0.261 e. The van der Waals surface area contributed by atoms with Crippen molar-refractivity contribution in [3.63, 3.8) is 0 Å².